The molecule has 0 aliphatic carbocycles. The van der Waals surface area contributed by atoms with Crippen LogP contribution in [0.4, 0.5) is 13.2 Å². The molecule has 1 saturated heterocycles. The third kappa shape index (κ3) is 4.14. The molecule has 126 valence electrons. The molecule has 2 rings (SSSR count). The maximum atomic E-state index is 12.3. The lowest BCUT2D eigenvalue weighted by Gasteiger charge is -2.20. The maximum Gasteiger partial charge on any atom is 0.422 e. The molecule has 1 atom stereocenters. The molecule has 1 amide bonds. The second kappa shape index (κ2) is 6.10. The summed E-state index contributed by atoms with van der Waals surface area (Å²) in [5.74, 6) is -1.29. The molecule has 0 bridgehead atoms. The fourth-order valence-corrected chi connectivity index (χ4v) is 2.35. The summed E-state index contributed by atoms with van der Waals surface area (Å²) < 4.78 is 40.7. The predicted octanol–water partition coefficient (Wildman–Crippen LogP) is 2.56. The second-order valence-corrected chi connectivity index (χ2v) is 5.77. The predicted molar refractivity (Wildman–Crippen MR) is 74.3 cm³/mol. The standard InChI is InChI=1S/C15H16F3NO4/c1-14(13(21)22)6-7-19(8-14)12(20)10-2-4-11(5-3-10)23-9-15(16,17)18/h2-5H,6-9H2,1H3,(H,21,22). The lowest BCUT2D eigenvalue weighted by Crippen LogP contribution is -2.34. The Kier molecular flexibility index (Phi) is 4.53. The number of carboxylic acid groups (broad SMARTS) is 1. The van der Waals surface area contributed by atoms with Gasteiger partial charge in [-0.05, 0) is 37.6 Å². The van der Waals surface area contributed by atoms with Crippen LogP contribution in [0, 0.1) is 5.41 Å². The van der Waals surface area contributed by atoms with Crippen molar-refractivity contribution in [3.8, 4) is 5.75 Å². The smallest absolute Gasteiger partial charge is 0.422 e. The molecule has 0 radical (unpaired) electrons. The van der Waals surface area contributed by atoms with Gasteiger partial charge in [0, 0.05) is 18.7 Å². The van der Waals surface area contributed by atoms with Crippen molar-refractivity contribution in [1.29, 1.82) is 0 Å². The molecule has 8 heteroatoms. The van der Waals surface area contributed by atoms with E-state index in [1.54, 1.807) is 6.92 Å². The van der Waals surface area contributed by atoms with Crippen LogP contribution in [0.3, 0.4) is 0 Å². The highest BCUT2D eigenvalue weighted by Gasteiger charge is 2.42. The topological polar surface area (TPSA) is 66.8 Å². The van der Waals surface area contributed by atoms with Gasteiger partial charge in [-0.25, -0.2) is 0 Å². The first-order valence-corrected chi connectivity index (χ1v) is 6.93. The van der Waals surface area contributed by atoms with Gasteiger partial charge in [-0.1, -0.05) is 0 Å². The van der Waals surface area contributed by atoms with E-state index in [4.69, 9.17) is 5.11 Å². The van der Waals surface area contributed by atoms with Gasteiger partial charge in [0.15, 0.2) is 6.61 Å². The minimum atomic E-state index is -4.43. The van der Waals surface area contributed by atoms with Crippen LogP contribution in [0.1, 0.15) is 23.7 Å². The number of hydrogen-bond donors (Lipinski definition) is 1. The first-order valence-electron chi connectivity index (χ1n) is 6.93. The van der Waals surface area contributed by atoms with Gasteiger partial charge in [-0.2, -0.15) is 13.2 Å². The summed E-state index contributed by atoms with van der Waals surface area (Å²) in [7, 11) is 0. The number of benzene rings is 1. The van der Waals surface area contributed by atoms with Crippen molar-refractivity contribution in [2.24, 2.45) is 5.41 Å². The monoisotopic (exact) mass is 331 g/mol. The molecular formula is C15H16F3NO4. The maximum absolute atomic E-state index is 12.3. The number of halogens is 3. The van der Waals surface area contributed by atoms with Crippen molar-refractivity contribution in [1.82, 2.24) is 4.90 Å². The SMILES string of the molecule is CC1(C(=O)O)CCN(C(=O)c2ccc(OCC(F)(F)F)cc2)C1. The number of carbonyl (C=O) groups excluding carboxylic acids is 1. The quantitative estimate of drug-likeness (QED) is 0.921. The van der Waals surface area contributed by atoms with E-state index < -0.39 is 24.2 Å². The summed E-state index contributed by atoms with van der Waals surface area (Å²) in [6, 6.07) is 5.30. The van der Waals surface area contributed by atoms with Crippen molar-refractivity contribution in [3.63, 3.8) is 0 Å². The van der Waals surface area contributed by atoms with Gasteiger partial charge >= 0.3 is 12.1 Å². The number of likely N-dealkylation sites (tertiary alicyclic amines) is 1. The Hall–Kier alpha value is -2.25. The number of hydrogen-bond acceptors (Lipinski definition) is 3. The molecule has 0 aromatic heterocycles. The van der Waals surface area contributed by atoms with E-state index in [1.807, 2.05) is 0 Å². The molecule has 5 nitrogen and oxygen atoms in total. The number of nitrogens with zero attached hydrogens (tertiary/aromatic N) is 1. The van der Waals surface area contributed by atoms with Gasteiger partial charge in [0.25, 0.3) is 5.91 Å². The number of ether oxygens (including phenoxy) is 1. The Balaban J connectivity index is 2.00. The molecule has 1 aliphatic rings. The largest absolute Gasteiger partial charge is 0.484 e. The Bertz CT molecular complexity index is 600. The molecular weight excluding hydrogens is 315 g/mol. The molecule has 1 aromatic rings. The van der Waals surface area contributed by atoms with Gasteiger partial charge in [0.2, 0.25) is 0 Å². The van der Waals surface area contributed by atoms with Crippen molar-refractivity contribution < 1.29 is 32.6 Å². The summed E-state index contributed by atoms with van der Waals surface area (Å²) in [6.07, 6.45) is -4.06. The lowest BCUT2D eigenvalue weighted by atomic mass is 9.90. The normalized spacial score (nSPS) is 21.3. The summed E-state index contributed by atoms with van der Waals surface area (Å²) in [5, 5.41) is 9.16. The third-order valence-corrected chi connectivity index (χ3v) is 3.78. The van der Waals surface area contributed by atoms with Crippen molar-refractivity contribution >= 4 is 11.9 Å². The van der Waals surface area contributed by atoms with Crippen molar-refractivity contribution in [2.75, 3.05) is 19.7 Å². The van der Waals surface area contributed by atoms with Gasteiger partial charge < -0.3 is 14.7 Å². The summed E-state index contributed by atoms with van der Waals surface area (Å²) in [5.41, 5.74) is -0.690. The van der Waals surface area contributed by atoms with Gasteiger partial charge in [-0.15, -0.1) is 0 Å². The third-order valence-electron chi connectivity index (χ3n) is 3.78. The van der Waals surface area contributed by atoms with Crippen LogP contribution in [0.2, 0.25) is 0 Å². The molecule has 1 aromatic carbocycles. The van der Waals surface area contributed by atoms with Gasteiger partial charge in [-0.3, -0.25) is 9.59 Å². The van der Waals surface area contributed by atoms with Crippen LogP contribution in [-0.2, 0) is 4.79 Å². The van der Waals surface area contributed by atoms with E-state index in [0.29, 0.717) is 13.0 Å². The average molecular weight is 331 g/mol. The van der Waals surface area contributed by atoms with Crippen LogP contribution in [0.5, 0.6) is 5.75 Å². The summed E-state index contributed by atoms with van der Waals surface area (Å²) >= 11 is 0. The molecule has 0 spiro atoms. The number of rotatable bonds is 4. The number of amides is 1. The zero-order chi connectivity index (χ0) is 17.3. The van der Waals surface area contributed by atoms with E-state index >= 15 is 0 Å². The van der Waals surface area contributed by atoms with E-state index in [2.05, 4.69) is 4.74 Å². The summed E-state index contributed by atoms with van der Waals surface area (Å²) in [4.78, 5) is 24.9. The van der Waals surface area contributed by atoms with E-state index in [0.717, 1.165) is 0 Å². The number of carbonyl (C=O) groups is 2. The Morgan fingerprint density at radius 1 is 1.30 bits per heavy atom. The fraction of sp³-hybridized carbons (Fsp3) is 0.467. The number of aliphatic carboxylic acids is 1. The molecule has 1 fully saturated rings. The zero-order valence-corrected chi connectivity index (χ0v) is 12.4. The van der Waals surface area contributed by atoms with E-state index in [-0.39, 0.29) is 23.8 Å². The van der Waals surface area contributed by atoms with Crippen LogP contribution in [0.25, 0.3) is 0 Å². The van der Waals surface area contributed by atoms with Crippen molar-refractivity contribution in [2.45, 2.75) is 19.5 Å². The molecule has 1 heterocycles. The van der Waals surface area contributed by atoms with Crippen LogP contribution >= 0.6 is 0 Å². The fourth-order valence-electron chi connectivity index (χ4n) is 2.35. The molecule has 1 unspecified atom stereocenters. The highest BCUT2D eigenvalue weighted by molar-refractivity contribution is 5.95. The number of alkyl halides is 3. The lowest BCUT2D eigenvalue weighted by molar-refractivity contribution is -0.153. The zero-order valence-electron chi connectivity index (χ0n) is 12.4. The average Bonchev–Trinajstić information content (AvgIpc) is 2.88. The van der Waals surface area contributed by atoms with Gasteiger partial charge in [0.1, 0.15) is 5.75 Å². The summed E-state index contributed by atoms with van der Waals surface area (Å²) in [6.45, 7) is 0.613. The molecule has 0 saturated carbocycles. The minimum Gasteiger partial charge on any atom is -0.484 e. The van der Waals surface area contributed by atoms with E-state index in [9.17, 15) is 22.8 Å². The molecule has 23 heavy (non-hydrogen) atoms. The molecule has 1 aliphatic heterocycles. The minimum absolute atomic E-state index is 0.00988. The van der Waals surface area contributed by atoms with Crippen molar-refractivity contribution in [3.05, 3.63) is 29.8 Å². The van der Waals surface area contributed by atoms with Gasteiger partial charge in [0.05, 0.1) is 5.41 Å². The first-order chi connectivity index (χ1) is 10.6. The van der Waals surface area contributed by atoms with Crippen LogP contribution in [0.15, 0.2) is 24.3 Å². The highest BCUT2D eigenvalue weighted by Crippen LogP contribution is 2.31. The Morgan fingerprint density at radius 2 is 1.91 bits per heavy atom. The van der Waals surface area contributed by atoms with Crippen LogP contribution in [-0.4, -0.2) is 47.8 Å². The number of carboxylic acids is 1. The van der Waals surface area contributed by atoms with Crippen LogP contribution < -0.4 is 4.74 Å². The first kappa shape index (κ1) is 17.1. The Labute approximate surface area is 130 Å². The second-order valence-electron chi connectivity index (χ2n) is 5.77. The highest BCUT2D eigenvalue weighted by atomic mass is 19.4. The molecule has 1 N–H and O–H groups in total. The van der Waals surface area contributed by atoms with E-state index in [1.165, 1.54) is 29.2 Å². The Morgan fingerprint density at radius 3 is 2.39 bits per heavy atom.